The first-order chi connectivity index (χ1) is 15.1. The monoisotopic (exact) mass is 431 g/mol. The van der Waals surface area contributed by atoms with Crippen molar-refractivity contribution in [2.75, 3.05) is 18.4 Å². The van der Waals surface area contributed by atoms with Crippen molar-refractivity contribution in [1.82, 2.24) is 4.31 Å². The average molecular weight is 432 g/mol. The highest BCUT2D eigenvalue weighted by molar-refractivity contribution is 7.97. The number of nitrogens with zero attached hydrogens (tertiary/aromatic N) is 2. The van der Waals surface area contributed by atoms with Crippen LogP contribution in [0.15, 0.2) is 71.6 Å². The minimum Gasteiger partial charge on any atom is -0.322 e. The van der Waals surface area contributed by atoms with Gasteiger partial charge in [0.2, 0.25) is 0 Å². The highest BCUT2D eigenvalue weighted by atomic mass is 32.2. The molecule has 1 aliphatic rings. The lowest BCUT2D eigenvalue weighted by molar-refractivity contribution is 0.102. The first kappa shape index (κ1) is 21.1. The van der Waals surface area contributed by atoms with Crippen molar-refractivity contribution >= 4 is 23.5 Å². The van der Waals surface area contributed by atoms with E-state index < -0.39 is 11.7 Å². The summed E-state index contributed by atoms with van der Waals surface area (Å²) in [6.07, 6.45) is 3.76. The van der Waals surface area contributed by atoms with Gasteiger partial charge in [-0.25, -0.2) is 8.70 Å². The maximum Gasteiger partial charge on any atom is 0.258 e. The van der Waals surface area contributed by atoms with Gasteiger partial charge in [0.1, 0.15) is 5.82 Å². The Kier molecular flexibility index (Phi) is 6.66. The van der Waals surface area contributed by atoms with Crippen LogP contribution < -0.4 is 5.32 Å². The molecular weight excluding hydrogens is 409 g/mol. The number of halogens is 1. The van der Waals surface area contributed by atoms with Gasteiger partial charge in [-0.3, -0.25) is 4.79 Å². The third kappa shape index (κ3) is 5.13. The molecule has 31 heavy (non-hydrogen) atoms. The van der Waals surface area contributed by atoms with Gasteiger partial charge in [-0.1, -0.05) is 30.7 Å². The third-order valence-corrected chi connectivity index (χ3v) is 6.34. The Morgan fingerprint density at radius 2 is 1.68 bits per heavy atom. The number of benzene rings is 3. The second-order valence-corrected chi connectivity index (χ2v) is 8.59. The molecule has 3 aromatic rings. The van der Waals surface area contributed by atoms with E-state index in [1.807, 2.05) is 30.3 Å². The summed E-state index contributed by atoms with van der Waals surface area (Å²) in [5.74, 6) is -1.08. The maximum atomic E-state index is 15.1. The molecule has 4 nitrogen and oxygen atoms in total. The van der Waals surface area contributed by atoms with Gasteiger partial charge in [0.25, 0.3) is 5.91 Å². The maximum absolute atomic E-state index is 15.1. The molecule has 1 amide bonds. The Hall–Kier alpha value is -3.14. The normalized spacial score (nSPS) is 14.1. The molecule has 1 aliphatic heterocycles. The average Bonchev–Trinajstić information content (AvgIpc) is 2.81. The van der Waals surface area contributed by atoms with Crippen LogP contribution in [-0.2, 0) is 0 Å². The van der Waals surface area contributed by atoms with E-state index in [4.69, 9.17) is 5.26 Å². The molecule has 1 N–H and O–H groups in total. The molecule has 0 aliphatic carbocycles. The summed E-state index contributed by atoms with van der Waals surface area (Å²) in [5, 5.41) is 11.7. The summed E-state index contributed by atoms with van der Waals surface area (Å²) in [6.45, 7) is 2.19. The van der Waals surface area contributed by atoms with E-state index in [1.54, 1.807) is 48.3 Å². The molecule has 0 aromatic heterocycles. The molecular formula is C25H22FN3OS. The summed E-state index contributed by atoms with van der Waals surface area (Å²) < 4.78 is 17.4. The number of hydrogen-bond donors (Lipinski definition) is 1. The molecule has 0 unspecified atom stereocenters. The Morgan fingerprint density at radius 3 is 2.35 bits per heavy atom. The van der Waals surface area contributed by atoms with Crippen LogP contribution in [0.3, 0.4) is 0 Å². The van der Waals surface area contributed by atoms with E-state index in [0.29, 0.717) is 22.4 Å². The summed E-state index contributed by atoms with van der Waals surface area (Å²) in [5.41, 5.74) is 2.04. The number of anilines is 1. The second kappa shape index (κ2) is 9.78. The number of carbonyl (C=O) groups excluding carboxylic acids is 1. The van der Waals surface area contributed by atoms with Crippen LogP contribution in [0.25, 0.3) is 11.1 Å². The summed E-state index contributed by atoms with van der Waals surface area (Å²) >= 11 is 1.73. The smallest absolute Gasteiger partial charge is 0.258 e. The fourth-order valence-electron chi connectivity index (χ4n) is 3.56. The molecule has 0 spiro atoms. The van der Waals surface area contributed by atoms with Crippen LogP contribution in [-0.4, -0.2) is 23.3 Å². The van der Waals surface area contributed by atoms with Gasteiger partial charge >= 0.3 is 0 Å². The molecule has 0 radical (unpaired) electrons. The molecule has 6 heteroatoms. The number of piperidine rings is 1. The number of carbonyl (C=O) groups is 1. The van der Waals surface area contributed by atoms with Gasteiger partial charge in [0.05, 0.1) is 17.2 Å². The summed E-state index contributed by atoms with van der Waals surface area (Å²) in [4.78, 5) is 13.8. The van der Waals surface area contributed by atoms with E-state index >= 15 is 4.39 Å². The Morgan fingerprint density at radius 1 is 0.968 bits per heavy atom. The Labute approximate surface area is 185 Å². The predicted octanol–water partition coefficient (Wildman–Crippen LogP) is 6.11. The van der Waals surface area contributed by atoms with Crippen molar-refractivity contribution < 1.29 is 9.18 Å². The van der Waals surface area contributed by atoms with Crippen molar-refractivity contribution in [3.8, 4) is 17.2 Å². The molecule has 0 bridgehead atoms. The molecule has 3 aromatic carbocycles. The van der Waals surface area contributed by atoms with Crippen LogP contribution in [0.4, 0.5) is 10.1 Å². The molecule has 1 fully saturated rings. The fourth-order valence-corrected chi connectivity index (χ4v) is 4.55. The molecule has 4 rings (SSSR count). The predicted molar refractivity (Wildman–Crippen MR) is 122 cm³/mol. The van der Waals surface area contributed by atoms with Crippen LogP contribution in [0.5, 0.6) is 0 Å². The van der Waals surface area contributed by atoms with Crippen molar-refractivity contribution in [2.45, 2.75) is 24.2 Å². The zero-order chi connectivity index (χ0) is 21.6. The van der Waals surface area contributed by atoms with E-state index in [0.717, 1.165) is 18.0 Å². The SMILES string of the molecule is N#Cc1ccc(-c2cccc(C(=O)Nc3ccc(SN4CCCCC4)cc3)c2F)cc1. The number of nitriles is 1. The van der Waals surface area contributed by atoms with E-state index in [-0.39, 0.29) is 5.56 Å². The number of nitrogens with one attached hydrogen (secondary N) is 1. The number of rotatable bonds is 5. The lowest BCUT2D eigenvalue weighted by Crippen LogP contribution is -2.22. The second-order valence-electron chi connectivity index (χ2n) is 7.42. The zero-order valence-electron chi connectivity index (χ0n) is 17.0. The van der Waals surface area contributed by atoms with Gasteiger partial charge in [0, 0.05) is 29.2 Å². The van der Waals surface area contributed by atoms with E-state index in [2.05, 4.69) is 9.62 Å². The van der Waals surface area contributed by atoms with Gasteiger partial charge in [0.15, 0.2) is 0 Å². The molecule has 0 atom stereocenters. The van der Waals surface area contributed by atoms with E-state index in [9.17, 15) is 4.79 Å². The van der Waals surface area contributed by atoms with Crippen molar-refractivity contribution in [3.63, 3.8) is 0 Å². The van der Waals surface area contributed by atoms with Crippen LogP contribution >= 0.6 is 11.9 Å². The minimum absolute atomic E-state index is 0.0198. The van der Waals surface area contributed by atoms with Gasteiger partial charge in [-0.2, -0.15) is 5.26 Å². The fraction of sp³-hybridized carbons (Fsp3) is 0.200. The summed E-state index contributed by atoms with van der Waals surface area (Å²) in [6, 6.07) is 21.0. The quantitative estimate of drug-likeness (QED) is 0.495. The lowest BCUT2D eigenvalue weighted by atomic mass is 10.0. The first-order valence-corrected chi connectivity index (χ1v) is 11.0. The molecule has 1 heterocycles. The van der Waals surface area contributed by atoms with Crippen LogP contribution in [0, 0.1) is 17.1 Å². The minimum atomic E-state index is -0.581. The van der Waals surface area contributed by atoms with Crippen LogP contribution in [0.1, 0.15) is 35.2 Å². The summed E-state index contributed by atoms with van der Waals surface area (Å²) in [7, 11) is 0. The zero-order valence-corrected chi connectivity index (χ0v) is 17.8. The Balaban J connectivity index is 1.46. The first-order valence-electron chi connectivity index (χ1n) is 10.3. The topological polar surface area (TPSA) is 56.1 Å². The Bertz CT molecular complexity index is 1100. The van der Waals surface area contributed by atoms with Crippen molar-refractivity contribution in [3.05, 3.63) is 83.7 Å². The van der Waals surface area contributed by atoms with Gasteiger partial charge < -0.3 is 5.32 Å². The highest BCUT2D eigenvalue weighted by Crippen LogP contribution is 2.28. The van der Waals surface area contributed by atoms with Gasteiger partial charge in [-0.15, -0.1) is 0 Å². The number of amides is 1. The van der Waals surface area contributed by atoms with Crippen molar-refractivity contribution in [2.24, 2.45) is 0 Å². The molecule has 1 saturated heterocycles. The largest absolute Gasteiger partial charge is 0.322 e. The van der Waals surface area contributed by atoms with Crippen molar-refractivity contribution in [1.29, 1.82) is 5.26 Å². The highest BCUT2D eigenvalue weighted by Gasteiger charge is 2.17. The van der Waals surface area contributed by atoms with E-state index in [1.165, 1.54) is 25.3 Å². The molecule has 0 saturated carbocycles. The third-order valence-electron chi connectivity index (χ3n) is 5.23. The standard InChI is InChI=1S/C25H22FN3OS/c26-24-22(19-9-7-18(17-27)8-10-19)5-4-6-23(24)25(30)28-20-11-13-21(14-12-20)31-29-15-2-1-3-16-29/h4-14H,1-3,15-16H2,(H,28,30). The molecule has 156 valence electrons. The lowest BCUT2D eigenvalue weighted by Gasteiger charge is -2.25. The number of hydrogen-bond acceptors (Lipinski definition) is 4. The van der Waals surface area contributed by atoms with Gasteiger partial charge in [-0.05, 0) is 72.8 Å². The van der Waals surface area contributed by atoms with Crippen LogP contribution in [0.2, 0.25) is 0 Å².